The molecule has 2 bridgehead atoms. The van der Waals surface area contributed by atoms with Crippen molar-refractivity contribution in [1.29, 1.82) is 0 Å². The molecule has 0 heterocycles. The fourth-order valence-electron chi connectivity index (χ4n) is 2.89. The van der Waals surface area contributed by atoms with Gasteiger partial charge < -0.3 is 9.84 Å². The Kier molecular flexibility index (Phi) is 2.26. The molecule has 0 amide bonds. The largest absolute Gasteiger partial charge is 0.498 e. The van der Waals surface area contributed by atoms with Crippen LogP contribution in [0.15, 0.2) is 12.8 Å². The molecular weight excluding hydrogens is 209 g/mol. The molecule has 4 atom stereocenters. The summed E-state index contributed by atoms with van der Waals surface area (Å²) in [4.78, 5) is 0. The summed E-state index contributed by atoms with van der Waals surface area (Å²) in [7, 11) is 0. The lowest BCUT2D eigenvalue weighted by molar-refractivity contribution is -0.280. The third-order valence-electron chi connectivity index (χ3n) is 3.64. The fraction of sp³-hybridized carbons (Fsp3) is 0.800. The first-order valence-electron chi connectivity index (χ1n) is 4.94. The van der Waals surface area contributed by atoms with Crippen molar-refractivity contribution in [2.75, 3.05) is 0 Å². The molecule has 0 aromatic heterocycles. The summed E-state index contributed by atoms with van der Waals surface area (Å²) in [5.41, 5.74) is -2.49. The maximum Gasteiger partial charge on any atom is 0.417 e. The highest BCUT2D eigenvalue weighted by molar-refractivity contribution is 5.08. The SMILES string of the molecule is C=COC1CC2CC1CC2(O)C(F)(F)F. The van der Waals surface area contributed by atoms with Crippen LogP contribution < -0.4 is 0 Å². The summed E-state index contributed by atoms with van der Waals surface area (Å²) in [6.07, 6.45) is -3.03. The zero-order chi connectivity index (χ0) is 11.3. The van der Waals surface area contributed by atoms with Crippen molar-refractivity contribution in [1.82, 2.24) is 0 Å². The number of hydrogen-bond donors (Lipinski definition) is 1. The number of aliphatic hydroxyl groups is 1. The van der Waals surface area contributed by atoms with E-state index in [0.717, 1.165) is 0 Å². The number of rotatable bonds is 2. The molecule has 0 aliphatic heterocycles. The van der Waals surface area contributed by atoms with Crippen LogP contribution in [-0.4, -0.2) is 23.0 Å². The van der Waals surface area contributed by atoms with Gasteiger partial charge in [0.05, 0.1) is 6.26 Å². The first kappa shape index (κ1) is 10.8. The Bertz CT molecular complexity index is 276. The molecule has 2 rings (SSSR count). The molecule has 0 spiro atoms. The first-order valence-corrected chi connectivity index (χ1v) is 4.94. The molecular formula is C10H13F3O2. The van der Waals surface area contributed by atoms with Crippen LogP contribution in [0.3, 0.4) is 0 Å². The molecule has 2 fully saturated rings. The second-order valence-corrected chi connectivity index (χ2v) is 4.40. The third kappa shape index (κ3) is 1.44. The van der Waals surface area contributed by atoms with Gasteiger partial charge in [-0.15, -0.1) is 0 Å². The van der Waals surface area contributed by atoms with Crippen LogP contribution in [-0.2, 0) is 4.74 Å². The summed E-state index contributed by atoms with van der Waals surface area (Å²) < 4.78 is 42.9. The number of fused-ring (bicyclic) bond motifs is 2. The van der Waals surface area contributed by atoms with Gasteiger partial charge >= 0.3 is 6.18 Å². The number of ether oxygens (including phenoxy) is 1. The van der Waals surface area contributed by atoms with Crippen molar-refractivity contribution in [2.24, 2.45) is 11.8 Å². The molecule has 86 valence electrons. The van der Waals surface area contributed by atoms with Crippen molar-refractivity contribution in [3.05, 3.63) is 12.8 Å². The highest BCUT2D eigenvalue weighted by Crippen LogP contribution is 2.57. The van der Waals surface area contributed by atoms with Gasteiger partial charge in [-0.1, -0.05) is 6.58 Å². The minimum absolute atomic E-state index is 0.195. The topological polar surface area (TPSA) is 29.5 Å². The van der Waals surface area contributed by atoms with Crippen LogP contribution >= 0.6 is 0 Å². The molecule has 0 aromatic rings. The summed E-state index contributed by atoms with van der Waals surface area (Å²) in [6.45, 7) is 3.39. The Hall–Kier alpha value is -0.710. The summed E-state index contributed by atoms with van der Waals surface area (Å²) in [6, 6.07) is 0. The Morgan fingerprint density at radius 3 is 2.47 bits per heavy atom. The summed E-state index contributed by atoms with van der Waals surface area (Å²) in [5.74, 6) is -0.910. The molecule has 5 heteroatoms. The van der Waals surface area contributed by atoms with Crippen molar-refractivity contribution in [2.45, 2.75) is 37.1 Å². The van der Waals surface area contributed by atoms with Gasteiger partial charge in [0.2, 0.25) is 0 Å². The van der Waals surface area contributed by atoms with Crippen molar-refractivity contribution >= 4 is 0 Å². The number of alkyl halides is 3. The molecule has 0 radical (unpaired) electrons. The van der Waals surface area contributed by atoms with Gasteiger partial charge in [-0.25, -0.2) is 0 Å². The van der Waals surface area contributed by atoms with E-state index < -0.39 is 17.7 Å². The predicted octanol–water partition coefficient (Wildman–Crippen LogP) is 2.24. The lowest BCUT2D eigenvalue weighted by Crippen LogP contribution is -2.51. The second-order valence-electron chi connectivity index (χ2n) is 4.40. The predicted molar refractivity (Wildman–Crippen MR) is 46.9 cm³/mol. The van der Waals surface area contributed by atoms with Crippen LogP contribution in [0.2, 0.25) is 0 Å². The fourth-order valence-corrected chi connectivity index (χ4v) is 2.89. The van der Waals surface area contributed by atoms with Gasteiger partial charge in [-0.2, -0.15) is 13.2 Å². The minimum Gasteiger partial charge on any atom is -0.498 e. The van der Waals surface area contributed by atoms with E-state index in [2.05, 4.69) is 6.58 Å². The first-order chi connectivity index (χ1) is 6.88. The Labute approximate surface area is 85.7 Å². The standard InChI is InChI=1S/C10H13F3O2/c1-2-15-8-4-7-3-6(8)5-9(7,14)10(11,12)13/h2,6-8,14H,1,3-5H2. The lowest BCUT2D eigenvalue weighted by Gasteiger charge is -2.36. The van der Waals surface area contributed by atoms with E-state index in [1.54, 1.807) is 0 Å². The van der Waals surface area contributed by atoms with Crippen LogP contribution in [0.1, 0.15) is 19.3 Å². The molecule has 15 heavy (non-hydrogen) atoms. The lowest BCUT2D eigenvalue weighted by atomic mass is 9.82. The Morgan fingerprint density at radius 1 is 1.40 bits per heavy atom. The maximum atomic E-state index is 12.6. The minimum atomic E-state index is -4.52. The molecule has 2 saturated carbocycles. The monoisotopic (exact) mass is 222 g/mol. The summed E-state index contributed by atoms with van der Waals surface area (Å²) in [5, 5.41) is 9.60. The second kappa shape index (κ2) is 3.14. The van der Waals surface area contributed by atoms with E-state index in [0.29, 0.717) is 6.42 Å². The Morgan fingerprint density at radius 2 is 2.07 bits per heavy atom. The van der Waals surface area contributed by atoms with Crippen molar-refractivity contribution < 1.29 is 23.0 Å². The highest BCUT2D eigenvalue weighted by atomic mass is 19.4. The molecule has 0 aromatic carbocycles. The number of halogens is 3. The van der Waals surface area contributed by atoms with E-state index in [-0.39, 0.29) is 24.9 Å². The molecule has 4 unspecified atom stereocenters. The number of hydrogen-bond acceptors (Lipinski definition) is 2. The summed E-state index contributed by atoms with van der Waals surface area (Å²) >= 11 is 0. The van der Waals surface area contributed by atoms with E-state index in [4.69, 9.17) is 4.74 Å². The smallest absolute Gasteiger partial charge is 0.417 e. The molecule has 0 saturated heterocycles. The van der Waals surface area contributed by atoms with Crippen LogP contribution in [0.4, 0.5) is 13.2 Å². The van der Waals surface area contributed by atoms with Crippen molar-refractivity contribution in [3.63, 3.8) is 0 Å². The van der Waals surface area contributed by atoms with Gasteiger partial charge in [0.25, 0.3) is 0 Å². The van der Waals surface area contributed by atoms with Crippen LogP contribution in [0, 0.1) is 11.8 Å². The average Bonchev–Trinajstić information content (AvgIpc) is 2.60. The van der Waals surface area contributed by atoms with E-state index in [9.17, 15) is 18.3 Å². The zero-order valence-electron chi connectivity index (χ0n) is 8.13. The van der Waals surface area contributed by atoms with Crippen LogP contribution in [0.5, 0.6) is 0 Å². The molecule has 2 nitrogen and oxygen atoms in total. The highest BCUT2D eigenvalue weighted by Gasteiger charge is 2.67. The molecule has 2 aliphatic carbocycles. The zero-order valence-corrected chi connectivity index (χ0v) is 8.13. The Balaban J connectivity index is 2.11. The molecule has 1 N–H and O–H groups in total. The van der Waals surface area contributed by atoms with Crippen molar-refractivity contribution in [3.8, 4) is 0 Å². The normalized spacial score (nSPS) is 44.4. The molecule has 2 aliphatic rings. The van der Waals surface area contributed by atoms with Gasteiger partial charge in [0.15, 0.2) is 5.60 Å². The quantitative estimate of drug-likeness (QED) is 0.726. The third-order valence-corrected chi connectivity index (χ3v) is 3.64. The van der Waals surface area contributed by atoms with Gasteiger partial charge in [-0.05, 0) is 25.2 Å². The van der Waals surface area contributed by atoms with E-state index in [1.165, 1.54) is 6.26 Å². The van der Waals surface area contributed by atoms with Gasteiger partial charge in [-0.3, -0.25) is 0 Å². The van der Waals surface area contributed by atoms with Crippen LogP contribution in [0.25, 0.3) is 0 Å². The van der Waals surface area contributed by atoms with Gasteiger partial charge in [0.1, 0.15) is 6.10 Å². The van der Waals surface area contributed by atoms with E-state index in [1.807, 2.05) is 0 Å². The average molecular weight is 222 g/mol. The maximum absolute atomic E-state index is 12.6. The van der Waals surface area contributed by atoms with Gasteiger partial charge in [0, 0.05) is 5.92 Å². The van der Waals surface area contributed by atoms with E-state index >= 15 is 0 Å².